The molecule has 0 saturated carbocycles. The maximum Gasteiger partial charge on any atom is 0.178 e. The van der Waals surface area contributed by atoms with Crippen molar-refractivity contribution in [3.8, 4) is 34.5 Å². The van der Waals surface area contributed by atoms with Crippen molar-refractivity contribution in [2.24, 2.45) is 0 Å². The van der Waals surface area contributed by atoms with Gasteiger partial charge in [-0.2, -0.15) is 5.26 Å². The van der Waals surface area contributed by atoms with Gasteiger partial charge in [0.2, 0.25) is 0 Å². The molecule has 5 aromatic rings. The molecular weight excluding hydrogens is 429 g/mol. The molecule has 3 aromatic carbocycles. The van der Waals surface area contributed by atoms with Crippen LogP contribution >= 0.6 is 0 Å². The van der Waals surface area contributed by atoms with E-state index in [0.717, 1.165) is 22.0 Å². The standard InChI is InChI=1S/C28H18FN3O2/c1-18(33)26-15-21(19-5-9-23(10-6-19)34-24-11-7-22(29)8-12-24)16-28(31-26)32-14-13-25-20(17-30)3-2-4-27(25)32/h2-16H,1H3. The summed E-state index contributed by atoms with van der Waals surface area (Å²) in [4.78, 5) is 16.8. The van der Waals surface area contributed by atoms with Gasteiger partial charge in [-0.25, -0.2) is 9.37 Å². The van der Waals surface area contributed by atoms with E-state index >= 15 is 0 Å². The normalized spacial score (nSPS) is 10.7. The van der Waals surface area contributed by atoms with Crippen molar-refractivity contribution in [2.45, 2.75) is 6.92 Å². The van der Waals surface area contributed by atoms with E-state index in [9.17, 15) is 14.4 Å². The lowest BCUT2D eigenvalue weighted by molar-refractivity contribution is 0.101. The summed E-state index contributed by atoms with van der Waals surface area (Å²) in [6, 6.07) is 26.5. The van der Waals surface area contributed by atoms with Crippen LogP contribution in [0.2, 0.25) is 0 Å². The second-order valence-corrected chi connectivity index (χ2v) is 7.77. The Morgan fingerprint density at radius 3 is 2.32 bits per heavy atom. The molecule has 2 aromatic heterocycles. The Labute approximate surface area is 195 Å². The molecule has 0 unspecified atom stereocenters. The van der Waals surface area contributed by atoms with Gasteiger partial charge < -0.3 is 9.30 Å². The van der Waals surface area contributed by atoms with Crippen molar-refractivity contribution in [1.82, 2.24) is 9.55 Å². The number of rotatable bonds is 5. The van der Waals surface area contributed by atoms with Crippen LogP contribution in [0.15, 0.2) is 91.1 Å². The number of nitrogens with zero attached hydrogens (tertiary/aromatic N) is 3. The van der Waals surface area contributed by atoms with E-state index in [4.69, 9.17) is 4.74 Å². The molecule has 0 amide bonds. The van der Waals surface area contributed by atoms with E-state index in [1.807, 2.05) is 59.3 Å². The summed E-state index contributed by atoms with van der Waals surface area (Å²) in [6.07, 6.45) is 1.85. The summed E-state index contributed by atoms with van der Waals surface area (Å²) in [6.45, 7) is 1.48. The van der Waals surface area contributed by atoms with Gasteiger partial charge in [0.25, 0.3) is 0 Å². The predicted octanol–water partition coefficient (Wildman–Crippen LogP) is 6.70. The van der Waals surface area contributed by atoms with Crippen LogP contribution in [0.4, 0.5) is 4.39 Å². The fourth-order valence-electron chi connectivity index (χ4n) is 3.81. The number of aromatic nitrogens is 2. The molecule has 0 aliphatic heterocycles. The largest absolute Gasteiger partial charge is 0.457 e. The Balaban J connectivity index is 1.53. The maximum atomic E-state index is 13.1. The van der Waals surface area contributed by atoms with Crippen LogP contribution in [0.1, 0.15) is 23.0 Å². The molecular formula is C28H18FN3O2. The Morgan fingerprint density at radius 1 is 0.941 bits per heavy atom. The molecule has 0 spiro atoms. The Morgan fingerprint density at radius 2 is 1.65 bits per heavy atom. The fraction of sp³-hybridized carbons (Fsp3) is 0.0357. The molecule has 6 heteroatoms. The number of halogens is 1. The van der Waals surface area contributed by atoms with Crippen molar-refractivity contribution in [3.63, 3.8) is 0 Å². The predicted molar refractivity (Wildman–Crippen MR) is 128 cm³/mol. The molecule has 0 atom stereocenters. The summed E-state index contributed by atoms with van der Waals surface area (Å²) in [5.41, 5.74) is 3.46. The average molecular weight is 447 g/mol. The molecule has 0 radical (unpaired) electrons. The van der Waals surface area contributed by atoms with Crippen molar-refractivity contribution in [1.29, 1.82) is 5.26 Å². The lowest BCUT2D eigenvalue weighted by Crippen LogP contribution is -2.04. The second kappa shape index (κ2) is 8.64. The van der Waals surface area contributed by atoms with Crippen LogP contribution in [0.5, 0.6) is 11.5 Å². The van der Waals surface area contributed by atoms with Gasteiger partial charge in [0.15, 0.2) is 5.78 Å². The molecule has 34 heavy (non-hydrogen) atoms. The zero-order chi connectivity index (χ0) is 23.7. The number of Topliss-reactive ketones (excluding diaryl/α,β-unsaturated/α-hetero) is 1. The minimum absolute atomic E-state index is 0.145. The number of pyridine rings is 1. The number of benzene rings is 3. The number of ether oxygens (including phenoxy) is 1. The number of carbonyl (C=O) groups excluding carboxylic acids is 1. The van der Waals surface area contributed by atoms with Crippen LogP contribution in [0.25, 0.3) is 27.8 Å². The van der Waals surface area contributed by atoms with Crippen molar-refractivity contribution in [2.75, 3.05) is 0 Å². The van der Waals surface area contributed by atoms with Gasteiger partial charge in [-0.15, -0.1) is 0 Å². The van der Waals surface area contributed by atoms with Gasteiger partial charge in [-0.1, -0.05) is 18.2 Å². The van der Waals surface area contributed by atoms with E-state index in [-0.39, 0.29) is 11.6 Å². The van der Waals surface area contributed by atoms with Crippen LogP contribution in [-0.2, 0) is 0 Å². The Hall–Kier alpha value is -4.76. The average Bonchev–Trinajstić information content (AvgIpc) is 3.30. The van der Waals surface area contributed by atoms with Gasteiger partial charge in [0, 0.05) is 18.5 Å². The Bertz CT molecular complexity index is 1560. The smallest absolute Gasteiger partial charge is 0.178 e. The molecule has 0 fully saturated rings. The van der Waals surface area contributed by atoms with Gasteiger partial charge in [0.05, 0.1) is 17.1 Å². The third-order valence-electron chi connectivity index (χ3n) is 5.51. The highest BCUT2D eigenvalue weighted by Gasteiger charge is 2.13. The van der Waals surface area contributed by atoms with Crippen molar-refractivity contribution in [3.05, 3.63) is 108 Å². The molecule has 164 valence electrons. The van der Waals surface area contributed by atoms with Gasteiger partial charge in [0.1, 0.15) is 28.8 Å². The summed E-state index contributed by atoms with van der Waals surface area (Å²) in [5.74, 6) is 1.26. The number of hydrogen-bond acceptors (Lipinski definition) is 4. The van der Waals surface area contributed by atoms with E-state index in [1.54, 1.807) is 24.3 Å². The quantitative estimate of drug-likeness (QED) is 0.281. The lowest BCUT2D eigenvalue weighted by atomic mass is 10.0. The molecule has 2 heterocycles. The number of carbonyl (C=O) groups is 1. The minimum Gasteiger partial charge on any atom is -0.457 e. The van der Waals surface area contributed by atoms with Crippen molar-refractivity contribution >= 4 is 16.7 Å². The molecule has 0 saturated heterocycles. The first-order chi connectivity index (χ1) is 16.5. The first kappa shape index (κ1) is 21.1. The molecule has 0 N–H and O–H groups in total. The molecule has 0 aliphatic carbocycles. The SMILES string of the molecule is CC(=O)c1cc(-c2ccc(Oc3ccc(F)cc3)cc2)cc(-n2ccc3c(C#N)cccc32)n1. The third kappa shape index (κ3) is 4.03. The number of ketones is 1. The minimum atomic E-state index is -0.322. The molecule has 0 aliphatic rings. The lowest BCUT2D eigenvalue weighted by Gasteiger charge is -2.11. The first-order valence-electron chi connectivity index (χ1n) is 10.6. The number of fused-ring (bicyclic) bond motifs is 1. The van der Waals surface area contributed by atoms with Gasteiger partial charge in [-0.05, 0) is 77.9 Å². The van der Waals surface area contributed by atoms with Crippen LogP contribution in [0, 0.1) is 17.1 Å². The Kier molecular flexibility index (Phi) is 5.36. The van der Waals surface area contributed by atoms with Gasteiger partial charge in [-0.3, -0.25) is 4.79 Å². The topological polar surface area (TPSA) is 67.9 Å². The van der Waals surface area contributed by atoms with E-state index in [1.165, 1.54) is 19.1 Å². The molecule has 0 bridgehead atoms. The maximum absolute atomic E-state index is 13.1. The summed E-state index contributed by atoms with van der Waals surface area (Å²) in [5, 5.41) is 10.2. The highest BCUT2D eigenvalue weighted by molar-refractivity contribution is 5.94. The fourth-order valence-corrected chi connectivity index (χ4v) is 3.81. The zero-order valence-electron chi connectivity index (χ0n) is 18.2. The van der Waals surface area contributed by atoms with E-state index in [2.05, 4.69) is 11.1 Å². The molecule has 5 nitrogen and oxygen atoms in total. The summed E-state index contributed by atoms with van der Waals surface area (Å²) >= 11 is 0. The first-order valence-corrected chi connectivity index (χ1v) is 10.6. The highest BCUT2D eigenvalue weighted by atomic mass is 19.1. The van der Waals surface area contributed by atoms with E-state index in [0.29, 0.717) is 28.6 Å². The number of nitriles is 1. The van der Waals surface area contributed by atoms with E-state index < -0.39 is 0 Å². The zero-order valence-corrected chi connectivity index (χ0v) is 18.2. The second-order valence-electron chi connectivity index (χ2n) is 7.77. The summed E-state index contributed by atoms with van der Waals surface area (Å²) < 4.78 is 20.8. The number of hydrogen-bond donors (Lipinski definition) is 0. The van der Waals surface area contributed by atoms with Crippen LogP contribution < -0.4 is 4.74 Å². The van der Waals surface area contributed by atoms with Gasteiger partial charge >= 0.3 is 0 Å². The van der Waals surface area contributed by atoms with Crippen molar-refractivity contribution < 1.29 is 13.9 Å². The van der Waals surface area contributed by atoms with Crippen LogP contribution in [0.3, 0.4) is 0 Å². The molecule has 5 rings (SSSR count). The highest BCUT2D eigenvalue weighted by Crippen LogP contribution is 2.29. The van der Waals surface area contributed by atoms with Crippen LogP contribution in [-0.4, -0.2) is 15.3 Å². The summed E-state index contributed by atoms with van der Waals surface area (Å²) in [7, 11) is 0. The third-order valence-corrected chi connectivity index (χ3v) is 5.51. The monoisotopic (exact) mass is 447 g/mol.